The summed E-state index contributed by atoms with van der Waals surface area (Å²) in [5, 5.41) is 13.4. The Kier molecular flexibility index (Phi) is 8.62. The number of aryl methyl sites for hydroxylation is 1. The van der Waals surface area contributed by atoms with Crippen LogP contribution in [-0.2, 0) is 11.0 Å². The minimum atomic E-state index is -4.90. The average Bonchev–Trinajstić information content (AvgIpc) is 3.27. The second-order valence-corrected chi connectivity index (χ2v) is 12.7. The van der Waals surface area contributed by atoms with Crippen molar-refractivity contribution in [3.05, 3.63) is 50.8 Å². The van der Waals surface area contributed by atoms with Gasteiger partial charge in [-0.15, -0.1) is 0 Å². The number of carbonyl (C=O) groups is 3. The van der Waals surface area contributed by atoms with Crippen LogP contribution in [0.4, 0.5) is 13.2 Å². The second kappa shape index (κ2) is 11.4. The zero-order chi connectivity index (χ0) is 29.6. The van der Waals surface area contributed by atoms with Gasteiger partial charge in [0.05, 0.1) is 45.9 Å². The molecule has 1 aromatic heterocycles. The Morgan fingerprint density at radius 2 is 1.68 bits per heavy atom. The van der Waals surface area contributed by atoms with Crippen LogP contribution in [-0.4, -0.2) is 50.5 Å². The van der Waals surface area contributed by atoms with Crippen LogP contribution in [0.1, 0.15) is 90.4 Å². The number of Topliss-reactive ketones (excluding diaryl/α,β-unsaturated/α-hetero) is 1. The fourth-order valence-electron chi connectivity index (χ4n) is 6.20. The number of hydrogen-bond acceptors (Lipinski definition) is 4. The first-order valence-corrected chi connectivity index (χ1v) is 14.0. The van der Waals surface area contributed by atoms with Gasteiger partial charge in [-0.25, -0.2) is 0 Å². The normalized spacial score (nSPS) is 21.1. The van der Waals surface area contributed by atoms with Crippen molar-refractivity contribution in [1.82, 2.24) is 14.7 Å². The minimum absolute atomic E-state index is 0.0163. The molecule has 12 heteroatoms. The first kappa shape index (κ1) is 30.4. The number of carbonyl (C=O) groups excluding carboxylic acids is 2. The summed E-state index contributed by atoms with van der Waals surface area (Å²) < 4.78 is 44.0. The average molecular weight is 602 g/mol. The number of alkyl halides is 3. The van der Waals surface area contributed by atoms with Gasteiger partial charge in [0.2, 0.25) is 0 Å². The Bertz CT molecular complexity index is 1290. The highest BCUT2D eigenvalue weighted by Gasteiger charge is 2.44. The van der Waals surface area contributed by atoms with E-state index >= 15 is 0 Å². The summed E-state index contributed by atoms with van der Waals surface area (Å²) >= 11 is 12.6. The molecular weight excluding hydrogens is 570 g/mol. The Hall–Kier alpha value is -2.59. The topological polar surface area (TPSA) is 92.5 Å². The molecule has 0 unspecified atom stereocenters. The maximum absolute atomic E-state index is 14.4. The van der Waals surface area contributed by atoms with Crippen LogP contribution in [0, 0.1) is 24.2 Å². The number of aliphatic carboxylic acids is 1. The lowest BCUT2D eigenvalue weighted by atomic mass is 9.64. The van der Waals surface area contributed by atoms with E-state index in [1.807, 2.05) is 0 Å². The molecule has 40 heavy (non-hydrogen) atoms. The number of carboxylic acid groups (broad SMARTS) is 1. The summed E-state index contributed by atoms with van der Waals surface area (Å²) in [6, 6.07) is 2.43. The zero-order valence-electron chi connectivity index (χ0n) is 22.5. The molecular formula is C28H32Cl2F3N3O4. The van der Waals surface area contributed by atoms with Crippen molar-refractivity contribution in [1.29, 1.82) is 0 Å². The standard InChI is InChI=1S/C28H32Cl2F3N3O4/c1-15-8-20(29)23(21(30)9-15)22(37)14-35(13-16-10-27(2,3)11-16)25(38)19-12-34-36(24(19)28(31,32)33)18-6-4-17(5-7-18)26(39)40/h8-9,12,16-18H,4-7,10-11,13-14H2,1-3H3,(H,39,40). The number of aromatic nitrogens is 2. The van der Waals surface area contributed by atoms with Crippen LogP contribution in [0.25, 0.3) is 0 Å². The molecule has 2 saturated carbocycles. The number of benzene rings is 1. The summed E-state index contributed by atoms with van der Waals surface area (Å²) in [5.74, 6) is -3.09. The highest BCUT2D eigenvalue weighted by molar-refractivity contribution is 6.40. The molecule has 1 N–H and O–H groups in total. The van der Waals surface area contributed by atoms with Crippen molar-refractivity contribution in [2.75, 3.05) is 13.1 Å². The van der Waals surface area contributed by atoms with Crippen molar-refractivity contribution in [2.24, 2.45) is 17.3 Å². The van der Waals surface area contributed by atoms with E-state index in [0.717, 1.165) is 34.2 Å². The number of hydrogen-bond donors (Lipinski definition) is 1. The molecule has 1 heterocycles. The number of amides is 1. The van der Waals surface area contributed by atoms with Gasteiger partial charge in [-0.3, -0.25) is 19.1 Å². The molecule has 4 rings (SSSR count). The van der Waals surface area contributed by atoms with Gasteiger partial charge >= 0.3 is 12.1 Å². The number of ketones is 1. The molecule has 0 atom stereocenters. The molecule has 2 aliphatic rings. The van der Waals surface area contributed by atoms with E-state index in [0.29, 0.717) is 0 Å². The third-order valence-corrected chi connectivity index (χ3v) is 8.53. The minimum Gasteiger partial charge on any atom is -0.481 e. The molecule has 0 bridgehead atoms. The van der Waals surface area contributed by atoms with Crippen molar-refractivity contribution in [3.63, 3.8) is 0 Å². The summed E-state index contributed by atoms with van der Waals surface area (Å²) in [6.45, 7) is 5.49. The van der Waals surface area contributed by atoms with Crippen LogP contribution >= 0.6 is 23.2 Å². The van der Waals surface area contributed by atoms with E-state index in [1.165, 1.54) is 0 Å². The summed E-state index contributed by atoms with van der Waals surface area (Å²) in [6.07, 6.45) is -1.65. The van der Waals surface area contributed by atoms with E-state index in [2.05, 4.69) is 18.9 Å². The first-order valence-electron chi connectivity index (χ1n) is 13.2. The fourth-order valence-corrected chi connectivity index (χ4v) is 7.00. The van der Waals surface area contributed by atoms with Gasteiger partial charge in [-0.2, -0.15) is 18.3 Å². The lowest BCUT2D eigenvalue weighted by molar-refractivity contribution is -0.147. The van der Waals surface area contributed by atoms with Gasteiger partial charge in [0.15, 0.2) is 11.5 Å². The van der Waals surface area contributed by atoms with Gasteiger partial charge in [0.1, 0.15) is 0 Å². The molecule has 218 valence electrons. The van der Waals surface area contributed by atoms with Crippen LogP contribution in [0.5, 0.6) is 0 Å². The summed E-state index contributed by atoms with van der Waals surface area (Å²) in [5.41, 5.74) is -1.03. The lowest BCUT2D eigenvalue weighted by Crippen LogP contribution is -2.45. The van der Waals surface area contributed by atoms with E-state index < -0.39 is 53.6 Å². The quantitative estimate of drug-likeness (QED) is 0.326. The Morgan fingerprint density at radius 1 is 1.10 bits per heavy atom. The highest BCUT2D eigenvalue weighted by Crippen LogP contribution is 2.45. The number of carboxylic acids is 1. The largest absolute Gasteiger partial charge is 0.481 e. The Morgan fingerprint density at radius 3 is 2.17 bits per heavy atom. The fraction of sp³-hybridized carbons (Fsp3) is 0.571. The van der Waals surface area contributed by atoms with Crippen molar-refractivity contribution < 1.29 is 32.7 Å². The molecule has 0 aliphatic heterocycles. The van der Waals surface area contributed by atoms with E-state index in [1.54, 1.807) is 19.1 Å². The predicted molar refractivity (Wildman–Crippen MR) is 144 cm³/mol. The Balaban J connectivity index is 1.65. The molecule has 0 spiro atoms. The molecule has 2 aliphatic carbocycles. The maximum Gasteiger partial charge on any atom is 0.433 e. The number of halogens is 5. The van der Waals surface area contributed by atoms with Crippen LogP contribution < -0.4 is 0 Å². The number of nitrogens with zero attached hydrogens (tertiary/aromatic N) is 3. The maximum atomic E-state index is 14.4. The van der Waals surface area contributed by atoms with Gasteiger partial charge in [-0.1, -0.05) is 37.0 Å². The zero-order valence-corrected chi connectivity index (χ0v) is 24.0. The third kappa shape index (κ3) is 6.48. The first-order chi connectivity index (χ1) is 18.6. The Labute approximate surface area is 240 Å². The highest BCUT2D eigenvalue weighted by atomic mass is 35.5. The van der Waals surface area contributed by atoms with E-state index in [4.69, 9.17) is 23.2 Å². The smallest absolute Gasteiger partial charge is 0.433 e. The summed E-state index contributed by atoms with van der Waals surface area (Å²) in [7, 11) is 0. The van der Waals surface area contributed by atoms with Gasteiger partial charge in [0.25, 0.3) is 5.91 Å². The molecule has 1 aromatic carbocycles. The molecule has 1 amide bonds. The molecule has 7 nitrogen and oxygen atoms in total. The van der Waals surface area contributed by atoms with Gasteiger partial charge < -0.3 is 10.0 Å². The van der Waals surface area contributed by atoms with Crippen LogP contribution in [0.2, 0.25) is 10.0 Å². The third-order valence-electron chi connectivity index (χ3n) is 7.93. The van der Waals surface area contributed by atoms with Crippen LogP contribution in [0.15, 0.2) is 18.3 Å². The van der Waals surface area contributed by atoms with Crippen molar-refractivity contribution >= 4 is 40.9 Å². The predicted octanol–water partition coefficient (Wildman–Crippen LogP) is 7.09. The lowest BCUT2D eigenvalue weighted by Gasteiger charge is -2.44. The van der Waals surface area contributed by atoms with Crippen LogP contribution in [0.3, 0.4) is 0 Å². The molecule has 0 saturated heterocycles. The molecule has 2 fully saturated rings. The second-order valence-electron chi connectivity index (χ2n) is 11.8. The van der Waals surface area contributed by atoms with Gasteiger partial charge in [0, 0.05) is 6.54 Å². The van der Waals surface area contributed by atoms with E-state index in [9.17, 15) is 32.7 Å². The summed E-state index contributed by atoms with van der Waals surface area (Å²) in [4.78, 5) is 39.5. The monoisotopic (exact) mass is 601 g/mol. The van der Waals surface area contributed by atoms with E-state index in [-0.39, 0.29) is 59.2 Å². The van der Waals surface area contributed by atoms with Crippen molar-refractivity contribution in [2.45, 2.75) is 71.5 Å². The van der Waals surface area contributed by atoms with Gasteiger partial charge in [-0.05, 0) is 74.5 Å². The molecule has 0 radical (unpaired) electrons. The molecule has 2 aromatic rings. The number of rotatable bonds is 8. The van der Waals surface area contributed by atoms with Crippen molar-refractivity contribution in [3.8, 4) is 0 Å². The SMILES string of the molecule is Cc1cc(Cl)c(C(=O)CN(CC2CC(C)(C)C2)C(=O)c2cnn(C3CCC(C(=O)O)CC3)c2C(F)(F)F)c(Cl)c1.